The van der Waals surface area contributed by atoms with Crippen molar-refractivity contribution >= 4 is 5.91 Å². The lowest BCUT2D eigenvalue weighted by molar-refractivity contribution is 0.0246. The van der Waals surface area contributed by atoms with Gasteiger partial charge in [0, 0.05) is 19.0 Å². The molecule has 6 heteroatoms. The van der Waals surface area contributed by atoms with Crippen LogP contribution in [0.4, 0.5) is 0 Å². The lowest BCUT2D eigenvalue weighted by Gasteiger charge is -2.34. The van der Waals surface area contributed by atoms with Gasteiger partial charge in [0.05, 0.1) is 11.8 Å². The molecule has 0 aliphatic carbocycles. The summed E-state index contributed by atoms with van der Waals surface area (Å²) in [6.45, 7) is 8.33. The number of amides is 1. The average Bonchev–Trinajstić information content (AvgIpc) is 2.40. The number of aromatic amines is 1. The van der Waals surface area contributed by atoms with Crippen molar-refractivity contribution in [3.63, 3.8) is 0 Å². The Balaban J connectivity index is 2.30. The number of piperidine rings is 1. The lowest BCUT2D eigenvalue weighted by Crippen LogP contribution is -2.47. The van der Waals surface area contributed by atoms with Crippen LogP contribution in [-0.2, 0) is 0 Å². The Morgan fingerprint density at radius 3 is 2.67 bits per heavy atom. The van der Waals surface area contributed by atoms with Gasteiger partial charge in [-0.15, -0.1) is 0 Å². The van der Waals surface area contributed by atoms with Crippen molar-refractivity contribution in [2.24, 2.45) is 5.92 Å². The van der Waals surface area contributed by atoms with Crippen LogP contribution >= 0.6 is 0 Å². The number of likely N-dealkylation sites (tertiary alicyclic amines) is 1. The van der Waals surface area contributed by atoms with Crippen molar-refractivity contribution in [2.75, 3.05) is 13.1 Å². The summed E-state index contributed by atoms with van der Waals surface area (Å²) in [7, 11) is 0. The summed E-state index contributed by atoms with van der Waals surface area (Å²) in [6, 6.07) is 0. The van der Waals surface area contributed by atoms with Crippen LogP contribution in [0.25, 0.3) is 0 Å². The topological polar surface area (TPSA) is 86.3 Å². The Labute approximate surface area is 124 Å². The highest BCUT2D eigenvalue weighted by atomic mass is 16.3. The van der Waals surface area contributed by atoms with Crippen LogP contribution in [0.2, 0.25) is 0 Å². The Morgan fingerprint density at radius 1 is 1.48 bits per heavy atom. The van der Waals surface area contributed by atoms with E-state index in [4.69, 9.17) is 0 Å². The minimum absolute atomic E-state index is 0.0844. The maximum Gasteiger partial charge on any atom is 0.264 e. The Hall–Kier alpha value is -1.69. The van der Waals surface area contributed by atoms with E-state index in [0.717, 1.165) is 6.42 Å². The van der Waals surface area contributed by atoms with Gasteiger partial charge >= 0.3 is 0 Å². The van der Waals surface area contributed by atoms with E-state index >= 15 is 0 Å². The number of nitrogens with one attached hydrogen (secondary N) is 1. The third-order valence-electron chi connectivity index (χ3n) is 4.09. The number of aryl methyl sites for hydroxylation is 1. The quantitative estimate of drug-likeness (QED) is 0.853. The van der Waals surface area contributed by atoms with Gasteiger partial charge in [-0.3, -0.25) is 9.59 Å². The molecule has 1 aromatic heterocycles. The van der Waals surface area contributed by atoms with Gasteiger partial charge in [-0.25, -0.2) is 4.98 Å². The first kappa shape index (κ1) is 15.7. The summed E-state index contributed by atoms with van der Waals surface area (Å²) in [5, 5.41) is 9.90. The summed E-state index contributed by atoms with van der Waals surface area (Å²) in [5.41, 5.74) is 0.131. The number of H-pyrrole nitrogens is 1. The summed E-state index contributed by atoms with van der Waals surface area (Å²) < 4.78 is 0. The van der Waals surface area contributed by atoms with E-state index in [1.165, 1.54) is 0 Å². The van der Waals surface area contributed by atoms with E-state index < -0.39 is 11.7 Å². The molecule has 1 saturated heterocycles. The van der Waals surface area contributed by atoms with Gasteiger partial charge in [0.1, 0.15) is 11.4 Å². The van der Waals surface area contributed by atoms with Gasteiger partial charge in [-0.1, -0.05) is 20.8 Å². The highest BCUT2D eigenvalue weighted by Gasteiger charge is 2.30. The molecule has 2 heterocycles. The maximum absolute atomic E-state index is 12.5. The van der Waals surface area contributed by atoms with Gasteiger partial charge < -0.3 is 15.0 Å². The summed E-state index contributed by atoms with van der Waals surface area (Å²) in [6.07, 6.45) is 0.200. The Bertz CT molecular complexity index is 594. The number of carbonyl (C=O) groups is 1. The van der Waals surface area contributed by atoms with Crippen molar-refractivity contribution in [3.05, 3.63) is 27.4 Å². The van der Waals surface area contributed by atoms with E-state index in [1.54, 1.807) is 11.8 Å². The number of aromatic nitrogens is 2. The predicted octanol–water partition coefficient (Wildman–Crippen LogP) is 1.04. The number of rotatable bonds is 2. The van der Waals surface area contributed by atoms with E-state index in [9.17, 15) is 14.7 Å². The first-order chi connectivity index (χ1) is 9.81. The third-order valence-corrected chi connectivity index (χ3v) is 4.09. The fraction of sp³-hybridized carbons (Fsp3) is 0.667. The molecule has 0 bridgehead atoms. The molecule has 1 fully saturated rings. The molecule has 1 amide bonds. The molecule has 6 nitrogen and oxygen atoms in total. The van der Waals surface area contributed by atoms with Crippen molar-refractivity contribution in [2.45, 2.75) is 46.1 Å². The molecule has 2 atom stereocenters. The average molecular weight is 293 g/mol. The van der Waals surface area contributed by atoms with Gasteiger partial charge in [0.25, 0.3) is 11.5 Å². The van der Waals surface area contributed by atoms with Gasteiger partial charge in [-0.2, -0.15) is 0 Å². The van der Waals surface area contributed by atoms with E-state index in [2.05, 4.69) is 9.97 Å². The molecular weight excluding hydrogens is 270 g/mol. The highest BCUT2D eigenvalue weighted by molar-refractivity contribution is 5.94. The van der Waals surface area contributed by atoms with Gasteiger partial charge in [0.15, 0.2) is 0 Å². The van der Waals surface area contributed by atoms with Crippen LogP contribution < -0.4 is 5.56 Å². The molecule has 0 radical (unpaired) electrons. The number of hydrogen-bond donors (Lipinski definition) is 2. The Morgan fingerprint density at radius 2 is 2.14 bits per heavy atom. The molecule has 0 saturated carbocycles. The predicted molar refractivity (Wildman–Crippen MR) is 79.4 cm³/mol. The molecule has 2 unspecified atom stereocenters. The molecule has 1 aliphatic heterocycles. The van der Waals surface area contributed by atoms with E-state index in [1.807, 2.05) is 20.8 Å². The van der Waals surface area contributed by atoms with Crippen LogP contribution in [0.3, 0.4) is 0 Å². The molecule has 21 heavy (non-hydrogen) atoms. The second-order valence-electron chi connectivity index (χ2n) is 6.15. The second kappa shape index (κ2) is 5.97. The number of carbonyl (C=O) groups excluding carboxylic acids is 1. The summed E-state index contributed by atoms with van der Waals surface area (Å²) in [5.74, 6) is 0.511. The molecule has 1 aliphatic rings. The number of β-amino-alcohol motifs (C(OH)–C–C–N with tert-alkyl or cyclic N) is 1. The normalized spacial score (nSPS) is 22.7. The zero-order valence-corrected chi connectivity index (χ0v) is 13.0. The SMILES string of the molecule is Cc1nc(C(C)C)[nH]c(=O)c1C(=O)N1CCC(C)C(O)C1. The molecule has 2 N–H and O–H groups in total. The number of hydrogen-bond acceptors (Lipinski definition) is 4. The molecule has 0 aromatic carbocycles. The van der Waals surface area contributed by atoms with Crippen molar-refractivity contribution in [3.8, 4) is 0 Å². The number of aliphatic hydroxyl groups is 1. The van der Waals surface area contributed by atoms with Crippen LogP contribution in [0.1, 0.15) is 55.0 Å². The van der Waals surface area contributed by atoms with Gasteiger partial charge in [-0.05, 0) is 19.3 Å². The first-order valence-corrected chi connectivity index (χ1v) is 7.39. The maximum atomic E-state index is 12.5. The molecule has 116 valence electrons. The first-order valence-electron chi connectivity index (χ1n) is 7.39. The lowest BCUT2D eigenvalue weighted by atomic mass is 9.95. The van der Waals surface area contributed by atoms with Crippen LogP contribution in [0.15, 0.2) is 4.79 Å². The fourth-order valence-electron chi connectivity index (χ4n) is 2.52. The van der Waals surface area contributed by atoms with Crippen molar-refractivity contribution in [1.82, 2.24) is 14.9 Å². The minimum Gasteiger partial charge on any atom is -0.391 e. The smallest absolute Gasteiger partial charge is 0.264 e. The zero-order valence-electron chi connectivity index (χ0n) is 13.0. The highest BCUT2D eigenvalue weighted by Crippen LogP contribution is 2.19. The second-order valence-corrected chi connectivity index (χ2v) is 6.15. The van der Waals surface area contributed by atoms with Crippen molar-refractivity contribution < 1.29 is 9.90 Å². The van der Waals surface area contributed by atoms with E-state index in [-0.39, 0.29) is 29.9 Å². The third kappa shape index (κ3) is 3.15. The van der Waals surface area contributed by atoms with Crippen LogP contribution in [0.5, 0.6) is 0 Å². The largest absolute Gasteiger partial charge is 0.391 e. The summed E-state index contributed by atoms with van der Waals surface area (Å²) >= 11 is 0. The molecule has 1 aromatic rings. The zero-order chi connectivity index (χ0) is 15.7. The van der Waals surface area contributed by atoms with Crippen molar-refractivity contribution in [1.29, 1.82) is 0 Å². The van der Waals surface area contributed by atoms with Crippen LogP contribution in [0, 0.1) is 12.8 Å². The number of nitrogens with zero attached hydrogens (tertiary/aromatic N) is 2. The van der Waals surface area contributed by atoms with Gasteiger partial charge in [0.2, 0.25) is 0 Å². The Kier molecular flexibility index (Phi) is 4.46. The minimum atomic E-state index is -0.537. The monoisotopic (exact) mass is 293 g/mol. The molecular formula is C15H23N3O3. The standard InChI is InChI=1S/C15H23N3O3/c1-8(2)13-16-10(4)12(14(20)17-13)15(21)18-6-5-9(3)11(19)7-18/h8-9,11,19H,5-7H2,1-4H3,(H,16,17,20). The van der Waals surface area contributed by atoms with Crippen LogP contribution in [-0.4, -0.2) is 45.1 Å². The van der Waals surface area contributed by atoms with E-state index in [0.29, 0.717) is 18.1 Å². The fourth-order valence-corrected chi connectivity index (χ4v) is 2.52. The number of aliphatic hydroxyl groups excluding tert-OH is 1. The summed E-state index contributed by atoms with van der Waals surface area (Å²) in [4.78, 5) is 33.3. The molecule has 2 rings (SSSR count). The molecule has 0 spiro atoms.